The van der Waals surface area contributed by atoms with Gasteiger partial charge in [0.05, 0.1) is 19.3 Å². The minimum Gasteiger partial charge on any atom is -0.497 e. The van der Waals surface area contributed by atoms with Gasteiger partial charge in [0.1, 0.15) is 12.3 Å². The van der Waals surface area contributed by atoms with Crippen molar-refractivity contribution in [2.45, 2.75) is 0 Å². The van der Waals surface area contributed by atoms with Gasteiger partial charge in [0, 0.05) is 10.0 Å². The zero-order valence-electron chi connectivity index (χ0n) is 16.1. The second-order valence-corrected chi connectivity index (χ2v) is 6.73. The first-order valence-electron chi connectivity index (χ1n) is 8.78. The number of ether oxygens (including phenoxy) is 2. The summed E-state index contributed by atoms with van der Waals surface area (Å²) in [4.78, 5) is 47.3. The van der Waals surface area contributed by atoms with Crippen LogP contribution in [0.5, 0.6) is 5.75 Å². The highest BCUT2D eigenvalue weighted by Gasteiger charge is 2.12. The van der Waals surface area contributed by atoms with E-state index >= 15 is 0 Å². The smallest absolute Gasteiger partial charge is 0.325 e. The highest BCUT2D eigenvalue weighted by Crippen LogP contribution is 2.20. The first kappa shape index (κ1) is 22.9. The van der Waals surface area contributed by atoms with E-state index in [4.69, 9.17) is 9.47 Å². The topological polar surface area (TPSA) is 123 Å². The lowest BCUT2D eigenvalue weighted by molar-refractivity contribution is -0.147. The molecule has 0 bridgehead atoms. The van der Waals surface area contributed by atoms with Gasteiger partial charge in [-0.25, -0.2) is 0 Å². The van der Waals surface area contributed by atoms with Crippen molar-refractivity contribution in [3.8, 4) is 5.75 Å². The van der Waals surface area contributed by atoms with Gasteiger partial charge in [-0.05, 0) is 46.3 Å². The Morgan fingerprint density at radius 2 is 1.70 bits per heavy atom. The average Bonchev–Trinajstić information content (AvgIpc) is 2.76. The standard InChI is InChI=1S/C20H20BrN3O6/c1-29-14-6-4-5-13(9-14)20(28)23-11-19(27)30-12-18(26)22-10-17(25)24-16-8-3-2-7-15(16)21/h2-9H,10-12H2,1H3,(H,22,26)(H,23,28)(H,24,25). The van der Waals surface area contributed by atoms with Crippen molar-refractivity contribution in [2.75, 3.05) is 32.1 Å². The Morgan fingerprint density at radius 3 is 2.43 bits per heavy atom. The molecule has 0 unspecified atom stereocenters. The summed E-state index contributed by atoms with van der Waals surface area (Å²) >= 11 is 3.30. The predicted octanol–water partition coefficient (Wildman–Crippen LogP) is 1.49. The van der Waals surface area contributed by atoms with E-state index in [1.54, 1.807) is 42.5 Å². The van der Waals surface area contributed by atoms with Crippen LogP contribution in [0.3, 0.4) is 0 Å². The molecule has 0 aliphatic carbocycles. The molecule has 0 aliphatic rings. The molecule has 9 nitrogen and oxygen atoms in total. The Bertz CT molecular complexity index is 934. The number of carbonyl (C=O) groups excluding carboxylic acids is 4. The maximum atomic E-state index is 12.0. The summed E-state index contributed by atoms with van der Waals surface area (Å²) in [5.74, 6) is -1.86. The lowest BCUT2D eigenvalue weighted by Gasteiger charge is -2.09. The van der Waals surface area contributed by atoms with Crippen molar-refractivity contribution < 1.29 is 28.7 Å². The molecule has 0 atom stereocenters. The maximum absolute atomic E-state index is 12.0. The molecule has 0 saturated carbocycles. The minimum atomic E-state index is -0.793. The molecule has 30 heavy (non-hydrogen) atoms. The maximum Gasteiger partial charge on any atom is 0.325 e. The van der Waals surface area contributed by atoms with Crippen LogP contribution in [-0.4, -0.2) is 50.5 Å². The first-order chi connectivity index (χ1) is 14.4. The minimum absolute atomic E-state index is 0.287. The highest BCUT2D eigenvalue weighted by molar-refractivity contribution is 9.10. The molecule has 10 heteroatoms. The summed E-state index contributed by atoms with van der Waals surface area (Å²) < 4.78 is 10.5. The van der Waals surface area contributed by atoms with Crippen LogP contribution in [0.4, 0.5) is 5.69 Å². The molecule has 0 fully saturated rings. The van der Waals surface area contributed by atoms with Gasteiger partial charge in [-0.1, -0.05) is 18.2 Å². The summed E-state index contributed by atoms with van der Waals surface area (Å²) in [6.45, 7) is -1.27. The number of anilines is 1. The molecule has 0 heterocycles. The number of para-hydroxylation sites is 1. The molecule has 3 amide bonds. The highest BCUT2D eigenvalue weighted by atomic mass is 79.9. The van der Waals surface area contributed by atoms with Gasteiger partial charge in [-0.3, -0.25) is 19.2 Å². The number of methoxy groups -OCH3 is 1. The van der Waals surface area contributed by atoms with Crippen molar-refractivity contribution in [3.05, 3.63) is 58.6 Å². The largest absolute Gasteiger partial charge is 0.497 e. The van der Waals surface area contributed by atoms with E-state index in [0.717, 1.165) is 0 Å². The number of rotatable bonds is 9. The van der Waals surface area contributed by atoms with Crippen molar-refractivity contribution in [2.24, 2.45) is 0 Å². The van der Waals surface area contributed by atoms with Gasteiger partial charge >= 0.3 is 5.97 Å². The van der Waals surface area contributed by atoms with E-state index in [1.165, 1.54) is 13.2 Å². The number of hydrogen-bond acceptors (Lipinski definition) is 6. The molecule has 0 saturated heterocycles. The van der Waals surface area contributed by atoms with E-state index < -0.39 is 36.8 Å². The molecule has 0 radical (unpaired) electrons. The summed E-state index contributed by atoms with van der Waals surface area (Å²) in [5.41, 5.74) is 0.880. The quantitative estimate of drug-likeness (QED) is 0.470. The number of halogens is 1. The second kappa shape index (κ2) is 11.6. The molecule has 0 aromatic heterocycles. The summed E-state index contributed by atoms with van der Waals surface area (Å²) in [7, 11) is 1.48. The molecular weight excluding hydrogens is 458 g/mol. The summed E-state index contributed by atoms with van der Waals surface area (Å²) in [6.07, 6.45) is 0. The molecule has 158 valence electrons. The van der Waals surface area contributed by atoms with E-state index in [0.29, 0.717) is 21.5 Å². The zero-order valence-corrected chi connectivity index (χ0v) is 17.7. The van der Waals surface area contributed by atoms with Crippen LogP contribution in [-0.2, 0) is 19.1 Å². The van der Waals surface area contributed by atoms with Crippen molar-refractivity contribution in [1.29, 1.82) is 0 Å². The molecule has 0 aliphatic heterocycles. The van der Waals surface area contributed by atoms with Gasteiger partial charge in [-0.15, -0.1) is 0 Å². The fourth-order valence-corrected chi connectivity index (χ4v) is 2.59. The Labute approximate surface area is 181 Å². The zero-order chi connectivity index (χ0) is 21.9. The average molecular weight is 478 g/mol. The predicted molar refractivity (Wildman–Crippen MR) is 112 cm³/mol. The number of esters is 1. The molecule has 2 aromatic carbocycles. The van der Waals surface area contributed by atoms with Crippen LogP contribution in [0.15, 0.2) is 53.0 Å². The Hall–Kier alpha value is -3.40. The third-order valence-corrected chi connectivity index (χ3v) is 4.38. The van der Waals surface area contributed by atoms with Crippen LogP contribution < -0.4 is 20.7 Å². The number of hydrogen-bond donors (Lipinski definition) is 3. The van der Waals surface area contributed by atoms with E-state index in [1.807, 2.05) is 0 Å². The number of benzene rings is 2. The van der Waals surface area contributed by atoms with Gasteiger partial charge in [0.15, 0.2) is 6.61 Å². The molecular formula is C20H20BrN3O6. The third kappa shape index (κ3) is 7.55. The van der Waals surface area contributed by atoms with Crippen LogP contribution >= 0.6 is 15.9 Å². The summed E-state index contributed by atoms with van der Waals surface area (Å²) in [6, 6.07) is 13.4. The Kier molecular flexibility index (Phi) is 8.82. The fraction of sp³-hybridized carbons (Fsp3) is 0.200. The monoisotopic (exact) mass is 477 g/mol. The van der Waals surface area contributed by atoms with Gasteiger partial charge in [0.25, 0.3) is 11.8 Å². The fourth-order valence-electron chi connectivity index (χ4n) is 2.20. The van der Waals surface area contributed by atoms with Crippen molar-refractivity contribution in [3.63, 3.8) is 0 Å². The van der Waals surface area contributed by atoms with E-state index in [-0.39, 0.29) is 6.54 Å². The third-order valence-electron chi connectivity index (χ3n) is 3.68. The normalized spacial score (nSPS) is 9.93. The molecule has 2 aromatic rings. The van der Waals surface area contributed by atoms with Gasteiger partial charge < -0.3 is 25.4 Å². The first-order valence-corrected chi connectivity index (χ1v) is 9.57. The van der Waals surface area contributed by atoms with Crippen molar-refractivity contribution in [1.82, 2.24) is 10.6 Å². The Balaban J connectivity index is 1.66. The molecule has 3 N–H and O–H groups in total. The van der Waals surface area contributed by atoms with Crippen molar-refractivity contribution >= 4 is 45.3 Å². The number of carbonyl (C=O) groups is 4. The van der Waals surface area contributed by atoms with Crippen LogP contribution in [0, 0.1) is 0 Å². The Morgan fingerprint density at radius 1 is 0.933 bits per heavy atom. The number of nitrogens with one attached hydrogen (secondary N) is 3. The lowest BCUT2D eigenvalue weighted by atomic mass is 10.2. The second-order valence-electron chi connectivity index (χ2n) is 5.88. The molecule has 2 rings (SSSR count). The SMILES string of the molecule is COc1cccc(C(=O)NCC(=O)OCC(=O)NCC(=O)Nc2ccccc2Br)c1. The summed E-state index contributed by atoms with van der Waals surface area (Å²) in [5, 5.41) is 7.35. The lowest BCUT2D eigenvalue weighted by Crippen LogP contribution is -2.37. The van der Waals surface area contributed by atoms with Gasteiger partial charge in [0.2, 0.25) is 5.91 Å². The van der Waals surface area contributed by atoms with Gasteiger partial charge in [-0.2, -0.15) is 0 Å². The van der Waals surface area contributed by atoms with Crippen LogP contribution in [0.2, 0.25) is 0 Å². The van der Waals surface area contributed by atoms with Crippen LogP contribution in [0.25, 0.3) is 0 Å². The van der Waals surface area contributed by atoms with E-state index in [9.17, 15) is 19.2 Å². The van der Waals surface area contributed by atoms with E-state index in [2.05, 4.69) is 31.9 Å². The molecule has 0 spiro atoms. The number of amides is 3. The van der Waals surface area contributed by atoms with Crippen LogP contribution in [0.1, 0.15) is 10.4 Å².